The number of amides is 1. The van der Waals surface area contributed by atoms with E-state index in [4.69, 9.17) is 0 Å². The summed E-state index contributed by atoms with van der Waals surface area (Å²) in [6.45, 7) is 10.6. The van der Waals surface area contributed by atoms with Gasteiger partial charge in [-0.1, -0.05) is 0 Å². The number of nitrogens with zero attached hydrogens (tertiary/aromatic N) is 4. The summed E-state index contributed by atoms with van der Waals surface area (Å²) in [5, 5.41) is 8.14. The van der Waals surface area contributed by atoms with Crippen LogP contribution in [0.15, 0.2) is 18.3 Å². The van der Waals surface area contributed by atoms with Crippen LogP contribution in [0.4, 0.5) is 5.82 Å². The molecule has 0 saturated heterocycles. The maximum absolute atomic E-state index is 12.5. The minimum atomic E-state index is -0.209. The predicted octanol–water partition coefficient (Wildman–Crippen LogP) is 3.33. The highest BCUT2D eigenvalue weighted by molar-refractivity contribution is 6.04. The zero-order valence-electron chi connectivity index (χ0n) is 14.6. The third-order valence-electron chi connectivity index (χ3n) is 4.41. The van der Waals surface area contributed by atoms with E-state index < -0.39 is 0 Å². The monoisotopic (exact) mass is 323 g/mol. The summed E-state index contributed by atoms with van der Waals surface area (Å²) in [6, 6.07) is 3.76. The first-order chi connectivity index (χ1) is 11.4. The molecule has 0 saturated carbocycles. The summed E-state index contributed by atoms with van der Waals surface area (Å²) in [6.07, 6.45) is 1.75. The number of pyridine rings is 2. The molecule has 3 aromatic rings. The van der Waals surface area contributed by atoms with Gasteiger partial charge in [0.05, 0.1) is 11.3 Å². The van der Waals surface area contributed by atoms with Crippen LogP contribution in [0.2, 0.25) is 0 Å². The standard InChI is InChI=1S/C18H21N5O/c1-6-23-9-15(13(5)22-23)18(24)21-16-8-7-14-11(3)10(2)12(4)19-17(14)20-16/h7-9H,6H2,1-5H3,(H,19,20,21,24). The van der Waals surface area contributed by atoms with E-state index in [0.29, 0.717) is 22.7 Å². The molecule has 0 aliphatic rings. The molecule has 0 unspecified atom stereocenters. The van der Waals surface area contributed by atoms with Crippen LogP contribution in [0.5, 0.6) is 0 Å². The molecule has 3 aromatic heterocycles. The van der Waals surface area contributed by atoms with Crippen molar-refractivity contribution < 1.29 is 4.79 Å². The van der Waals surface area contributed by atoms with Gasteiger partial charge < -0.3 is 5.32 Å². The minimum Gasteiger partial charge on any atom is -0.306 e. The Kier molecular flexibility index (Phi) is 4.05. The molecule has 0 fully saturated rings. The van der Waals surface area contributed by atoms with Crippen molar-refractivity contribution >= 4 is 22.8 Å². The molecule has 24 heavy (non-hydrogen) atoms. The highest BCUT2D eigenvalue weighted by Crippen LogP contribution is 2.22. The molecule has 0 aromatic carbocycles. The van der Waals surface area contributed by atoms with Crippen molar-refractivity contribution in [3.05, 3.63) is 46.4 Å². The van der Waals surface area contributed by atoms with Crippen LogP contribution in [0, 0.1) is 27.7 Å². The van der Waals surface area contributed by atoms with Gasteiger partial charge in [0, 0.05) is 23.8 Å². The number of aryl methyl sites for hydroxylation is 4. The fourth-order valence-corrected chi connectivity index (χ4v) is 2.70. The van der Waals surface area contributed by atoms with Crippen LogP contribution in [0.25, 0.3) is 11.0 Å². The smallest absolute Gasteiger partial charge is 0.260 e. The molecule has 6 nitrogen and oxygen atoms in total. The Labute approximate surface area is 140 Å². The molecule has 0 aliphatic heterocycles. The number of carbonyl (C=O) groups excluding carboxylic acids is 1. The average molecular weight is 323 g/mol. The van der Waals surface area contributed by atoms with Crippen LogP contribution in [0.1, 0.15) is 39.8 Å². The largest absolute Gasteiger partial charge is 0.306 e. The van der Waals surface area contributed by atoms with E-state index in [2.05, 4.69) is 34.2 Å². The van der Waals surface area contributed by atoms with Gasteiger partial charge in [0.15, 0.2) is 5.65 Å². The molecule has 6 heteroatoms. The van der Waals surface area contributed by atoms with Crippen molar-refractivity contribution in [3.8, 4) is 0 Å². The van der Waals surface area contributed by atoms with Crippen LogP contribution in [-0.2, 0) is 6.54 Å². The highest BCUT2D eigenvalue weighted by Gasteiger charge is 2.14. The Balaban J connectivity index is 1.94. The normalized spacial score (nSPS) is 11.0. The van der Waals surface area contributed by atoms with Crippen molar-refractivity contribution in [2.24, 2.45) is 0 Å². The number of anilines is 1. The lowest BCUT2D eigenvalue weighted by Gasteiger charge is -2.10. The van der Waals surface area contributed by atoms with Crippen molar-refractivity contribution in [1.82, 2.24) is 19.7 Å². The summed E-state index contributed by atoms with van der Waals surface area (Å²) in [7, 11) is 0. The first kappa shape index (κ1) is 16.1. The summed E-state index contributed by atoms with van der Waals surface area (Å²) in [5.41, 5.74) is 5.20. The van der Waals surface area contributed by atoms with E-state index in [1.165, 1.54) is 11.1 Å². The summed E-state index contributed by atoms with van der Waals surface area (Å²) in [5.74, 6) is 0.283. The number of aromatic nitrogens is 4. The summed E-state index contributed by atoms with van der Waals surface area (Å²) in [4.78, 5) is 21.5. The van der Waals surface area contributed by atoms with Crippen LogP contribution >= 0.6 is 0 Å². The number of carbonyl (C=O) groups is 1. The zero-order valence-corrected chi connectivity index (χ0v) is 14.6. The fraction of sp³-hybridized carbons (Fsp3) is 0.333. The summed E-state index contributed by atoms with van der Waals surface area (Å²) >= 11 is 0. The second kappa shape index (κ2) is 6.03. The number of rotatable bonds is 3. The van der Waals surface area contributed by atoms with E-state index in [1.54, 1.807) is 10.9 Å². The molecule has 0 atom stereocenters. The lowest BCUT2D eigenvalue weighted by molar-refractivity contribution is 0.102. The quantitative estimate of drug-likeness (QED) is 0.802. The average Bonchev–Trinajstić information content (AvgIpc) is 2.94. The third kappa shape index (κ3) is 2.75. The Morgan fingerprint density at radius 2 is 1.83 bits per heavy atom. The van der Waals surface area contributed by atoms with Gasteiger partial charge in [-0.05, 0) is 57.9 Å². The molecular formula is C18H21N5O. The van der Waals surface area contributed by atoms with E-state index in [-0.39, 0.29) is 5.91 Å². The van der Waals surface area contributed by atoms with Gasteiger partial charge in [0.1, 0.15) is 5.82 Å². The SMILES string of the molecule is CCn1cc(C(=O)Nc2ccc3c(C)c(C)c(C)nc3n2)c(C)n1. The number of hydrogen-bond acceptors (Lipinski definition) is 4. The van der Waals surface area contributed by atoms with Gasteiger partial charge in [0.2, 0.25) is 0 Å². The Morgan fingerprint density at radius 3 is 2.50 bits per heavy atom. The van der Waals surface area contributed by atoms with Crippen molar-refractivity contribution in [1.29, 1.82) is 0 Å². The molecule has 0 bridgehead atoms. The van der Waals surface area contributed by atoms with E-state index in [0.717, 1.165) is 17.6 Å². The van der Waals surface area contributed by atoms with Gasteiger partial charge in [0.25, 0.3) is 5.91 Å². The number of hydrogen-bond donors (Lipinski definition) is 1. The van der Waals surface area contributed by atoms with Crippen LogP contribution in [0.3, 0.4) is 0 Å². The third-order valence-corrected chi connectivity index (χ3v) is 4.41. The molecule has 3 heterocycles. The van der Waals surface area contributed by atoms with E-state index in [1.807, 2.05) is 32.9 Å². The molecule has 0 aliphatic carbocycles. The first-order valence-corrected chi connectivity index (χ1v) is 8.00. The Hall–Kier alpha value is -2.76. The zero-order chi connectivity index (χ0) is 17.4. The molecule has 124 valence electrons. The fourth-order valence-electron chi connectivity index (χ4n) is 2.70. The van der Waals surface area contributed by atoms with E-state index >= 15 is 0 Å². The van der Waals surface area contributed by atoms with Crippen molar-refractivity contribution in [2.45, 2.75) is 41.2 Å². The topological polar surface area (TPSA) is 72.7 Å². The van der Waals surface area contributed by atoms with Crippen molar-refractivity contribution in [2.75, 3.05) is 5.32 Å². The lowest BCUT2D eigenvalue weighted by atomic mass is 10.1. The molecule has 3 rings (SSSR count). The van der Waals surface area contributed by atoms with E-state index in [9.17, 15) is 4.79 Å². The van der Waals surface area contributed by atoms with Gasteiger partial charge >= 0.3 is 0 Å². The Bertz CT molecular complexity index is 942. The molecule has 1 amide bonds. The second-order valence-corrected chi connectivity index (χ2v) is 5.95. The summed E-state index contributed by atoms with van der Waals surface area (Å²) < 4.78 is 1.75. The lowest BCUT2D eigenvalue weighted by Crippen LogP contribution is -2.13. The Morgan fingerprint density at radius 1 is 1.08 bits per heavy atom. The second-order valence-electron chi connectivity index (χ2n) is 5.95. The minimum absolute atomic E-state index is 0.209. The maximum atomic E-state index is 12.5. The molecule has 0 spiro atoms. The number of fused-ring (bicyclic) bond motifs is 1. The number of nitrogens with one attached hydrogen (secondary N) is 1. The van der Waals surface area contributed by atoms with Gasteiger partial charge in [-0.2, -0.15) is 5.10 Å². The molecule has 0 radical (unpaired) electrons. The van der Waals surface area contributed by atoms with Gasteiger partial charge in [-0.25, -0.2) is 9.97 Å². The first-order valence-electron chi connectivity index (χ1n) is 8.00. The molecule has 1 N–H and O–H groups in total. The molecular weight excluding hydrogens is 302 g/mol. The van der Waals surface area contributed by atoms with Crippen molar-refractivity contribution in [3.63, 3.8) is 0 Å². The van der Waals surface area contributed by atoms with Gasteiger partial charge in [-0.15, -0.1) is 0 Å². The van der Waals surface area contributed by atoms with Gasteiger partial charge in [-0.3, -0.25) is 9.48 Å². The van der Waals surface area contributed by atoms with Crippen LogP contribution in [-0.4, -0.2) is 25.7 Å². The predicted molar refractivity (Wildman–Crippen MR) is 94.3 cm³/mol. The highest BCUT2D eigenvalue weighted by atomic mass is 16.1. The maximum Gasteiger partial charge on any atom is 0.260 e. The van der Waals surface area contributed by atoms with Crippen LogP contribution < -0.4 is 5.32 Å².